The van der Waals surface area contributed by atoms with Gasteiger partial charge in [-0.25, -0.2) is 9.97 Å². The van der Waals surface area contributed by atoms with Crippen molar-refractivity contribution < 1.29 is 9.47 Å². The van der Waals surface area contributed by atoms with Crippen LogP contribution in [0.3, 0.4) is 0 Å². The smallest absolute Gasteiger partial charge is 0.125 e. The van der Waals surface area contributed by atoms with Crippen LogP contribution in [0.1, 0.15) is 23.5 Å². The van der Waals surface area contributed by atoms with Crippen LogP contribution in [0.15, 0.2) is 36.5 Å². The molecule has 128 valence electrons. The van der Waals surface area contributed by atoms with Crippen molar-refractivity contribution >= 4 is 0 Å². The van der Waals surface area contributed by atoms with Gasteiger partial charge in [-0.2, -0.15) is 0 Å². The fraction of sp³-hybridized carbons (Fsp3) is 0.474. The number of nitrogens with zero attached hydrogens (tertiary/aromatic N) is 3. The number of likely N-dealkylation sites (tertiary alicyclic amines) is 1. The van der Waals surface area contributed by atoms with Crippen molar-refractivity contribution in [2.75, 3.05) is 26.8 Å². The predicted molar refractivity (Wildman–Crippen MR) is 93.1 cm³/mol. The van der Waals surface area contributed by atoms with E-state index in [1.54, 1.807) is 7.11 Å². The highest BCUT2D eigenvalue weighted by Gasteiger charge is 2.39. The molecule has 1 fully saturated rings. The molecule has 2 aromatic rings. The Kier molecular flexibility index (Phi) is 5.11. The number of aryl methyl sites for hydroxylation is 2. The molecule has 1 saturated heterocycles. The summed E-state index contributed by atoms with van der Waals surface area (Å²) < 4.78 is 11.8. The fourth-order valence-corrected chi connectivity index (χ4v) is 3.08. The second-order valence-electron chi connectivity index (χ2n) is 6.54. The Morgan fingerprint density at radius 3 is 2.67 bits per heavy atom. The van der Waals surface area contributed by atoms with Crippen LogP contribution in [0.4, 0.5) is 0 Å². The maximum atomic E-state index is 5.98. The second kappa shape index (κ2) is 7.28. The lowest BCUT2D eigenvalue weighted by molar-refractivity contribution is -0.0360. The number of hydrogen-bond acceptors (Lipinski definition) is 5. The van der Waals surface area contributed by atoms with Crippen molar-refractivity contribution in [1.82, 2.24) is 14.9 Å². The topological polar surface area (TPSA) is 47.5 Å². The molecule has 0 saturated carbocycles. The van der Waals surface area contributed by atoms with E-state index in [1.165, 1.54) is 5.56 Å². The summed E-state index contributed by atoms with van der Waals surface area (Å²) in [5.41, 5.74) is 2.03. The van der Waals surface area contributed by atoms with E-state index in [0.717, 1.165) is 43.3 Å². The van der Waals surface area contributed by atoms with E-state index in [4.69, 9.17) is 9.47 Å². The van der Waals surface area contributed by atoms with Crippen molar-refractivity contribution in [3.8, 4) is 5.75 Å². The Morgan fingerprint density at radius 2 is 1.96 bits per heavy atom. The number of hydrogen-bond donors (Lipinski definition) is 0. The third-order valence-electron chi connectivity index (χ3n) is 4.57. The van der Waals surface area contributed by atoms with E-state index >= 15 is 0 Å². The largest absolute Gasteiger partial charge is 0.491 e. The molecule has 3 rings (SSSR count). The van der Waals surface area contributed by atoms with Gasteiger partial charge in [-0.3, -0.25) is 4.90 Å². The summed E-state index contributed by atoms with van der Waals surface area (Å²) in [6.07, 6.45) is 2.78. The molecule has 1 aliphatic heterocycles. The van der Waals surface area contributed by atoms with Crippen molar-refractivity contribution in [2.45, 2.75) is 32.4 Å². The monoisotopic (exact) mass is 327 g/mol. The summed E-state index contributed by atoms with van der Waals surface area (Å²) in [4.78, 5) is 11.0. The Balaban J connectivity index is 1.59. The van der Waals surface area contributed by atoms with Gasteiger partial charge in [-0.05, 0) is 38.5 Å². The first-order valence-electron chi connectivity index (χ1n) is 8.34. The molecule has 1 atom stereocenters. The van der Waals surface area contributed by atoms with Crippen molar-refractivity contribution in [3.05, 3.63) is 53.6 Å². The van der Waals surface area contributed by atoms with Gasteiger partial charge in [0, 0.05) is 32.9 Å². The molecule has 1 aromatic heterocycles. The van der Waals surface area contributed by atoms with Gasteiger partial charge in [0.25, 0.3) is 0 Å². The van der Waals surface area contributed by atoms with Crippen LogP contribution in [-0.4, -0.2) is 47.3 Å². The zero-order chi connectivity index (χ0) is 17.0. The van der Waals surface area contributed by atoms with Gasteiger partial charge in [-0.15, -0.1) is 0 Å². The molecular weight excluding hydrogens is 302 g/mol. The van der Waals surface area contributed by atoms with Gasteiger partial charge in [0.2, 0.25) is 0 Å². The molecule has 1 aromatic carbocycles. The maximum absolute atomic E-state index is 5.98. The Morgan fingerprint density at radius 1 is 1.17 bits per heavy atom. The first kappa shape index (κ1) is 16.9. The summed E-state index contributed by atoms with van der Waals surface area (Å²) in [5.74, 6) is 1.70. The molecule has 0 aliphatic carbocycles. The molecule has 0 amide bonds. The summed E-state index contributed by atoms with van der Waals surface area (Å²) in [6, 6.07) is 10.1. The van der Waals surface area contributed by atoms with Crippen molar-refractivity contribution in [2.24, 2.45) is 0 Å². The molecule has 24 heavy (non-hydrogen) atoms. The first-order valence-corrected chi connectivity index (χ1v) is 8.34. The van der Waals surface area contributed by atoms with Gasteiger partial charge < -0.3 is 9.47 Å². The van der Waals surface area contributed by atoms with Gasteiger partial charge in [0.1, 0.15) is 23.8 Å². The number of ether oxygens (including phenoxy) is 2. The Labute approximate surface area is 143 Å². The van der Waals surface area contributed by atoms with Crippen LogP contribution in [0.2, 0.25) is 0 Å². The minimum atomic E-state index is -0.257. The SMILES string of the molecule is COC1(COc2ccc(C)cc2)CCN(Cc2ccnc(C)n2)C1. The quantitative estimate of drug-likeness (QED) is 0.816. The highest BCUT2D eigenvalue weighted by molar-refractivity contribution is 5.26. The molecule has 0 radical (unpaired) electrons. The molecule has 5 nitrogen and oxygen atoms in total. The average molecular weight is 327 g/mol. The average Bonchev–Trinajstić information content (AvgIpc) is 2.98. The summed E-state index contributed by atoms with van der Waals surface area (Å²) in [5, 5.41) is 0. The van der Waals surface area contributed by atoms with Gasteiger partial charge in [0.15, 0.2) is 0 Å². The van der Waals surface area contributed by atoms with Crippen molar-refractivity contribution in [1.29, 1.82) is 0 Å². The number of rotatable bonds is 6. The lowest BCUT2D eigenvalue weighted by Crippen LogP contribution is -2.41. The normalized spacial score (nSPS) is 21.1. The van der Waals surface area contributed by atoms with E-state index in [9.17, 15) is 0 Å². The molecule has 5 heteroatoms. The zero-order valence-corrected chi connectivity index (χ0v) is 14.7. The molecule has 0 bridgehead atoms. The molecule has 2 heterocycles. The number of benzene rings is 1. The Bertz CT molecular complexity index is 675. The molecule has 1 unspecified atom stereocenters. The van der Waals surface area contributed by atoms with E-state index in [1.807, 2.05) is 31.3 Å². The van der Waals surface area contributed by atoms with Gasteiger partial charge in [0.05, 0.1) is 5.69 Å². The third kappa shape index (κ3) is 4.10. The first-order chi connectivity index (χ1) is 11.6. The minimum Gasteiger partial charge on any atom is -0.491 e. The highest BCUT2D eigenvalue weighted by Crippen LogP contribution is 2.27. The fourth-order valence-electron chi connectivity index (χ4n) is 3.08. The molecule has 1 aliphatic rings. The predicted octanol–water partition coefficient (Wildman–Crippen LogP) is 2.76. The van der Waals surface area contributed by atoms with E-state index < -0.39 is 0 Å². The van der Waals surface area contributed by atoms with Crippen LogP contribution in [0.25, 0.3) is 0 Å². The summed E-state index contributed by atoms with van der Waals surface area (Å²) >= 11 is 0. The standard InChI is InChI=1S/C19H25N3O2/c1-15-4-6-18(7-5-15)24-14-19(23-3)9-11-22(13-19)12-17-8-10-20-16(2)21-17/h4-8,10H,9,11-14H2,1-3H3. The van der Waals surface area contributed by atoms with Crippen LogP contribution in [0.5, 0.6) is 5.75 Å². The lowest BCUT2D eigenvalue weighted by atomic mass is 10.0. The van der Waals surface area contributed by atoms with Crippen LogP contribution in [0, 0.1) is 13.8 Å². The molecular formula is C19H25N3O2. The number of aromatic nitrogens is 2. The maximum Gasteiger partial charge on any atom is 0.125 e. The van der Waals surface area contributed by atoms with E-state index in [-0.39, 0.29) is 5.60 Å². The minimum absolute atomic E-state index is 0.257. The third-order valence-corrected chi connectivity index (χ3v) is 4.57. The highest BCUT2D eigenvalue weighted by atomic mass is 16.5. The molecule has 0 N–H and O–H groups in total. The lowest BCUT2D eigenvalue weighted by Gasteiger charge is -2.28. The van der Waals surface area contributed by atoms with Crippen LogP contribution in [-0.2, 0) is 11.3 Å². The summed E-state index contributed by atoms with van der Waals surface area (Å²) in [7, 11) is 1.77. The second-order valence-corrected chi connectivity index (χ2v) is 6.54. The summed E-state index contributed by atoms with van der Waals surface area (Å²) in [6.45, 7) is 7.20. The van der Waals surface area contributed by atoms with Gasteiger partial charge >= 0.3 is 0 Å². The van der Waals surface area contributed by atoms with Crippen LogP contribution < -0.4 is 4.74 Å². The molecule has 0 spiro atoms. The van der Waals surface area contributed by atoms with Crippen molar-refractivity contribution in [3.63, 3.8) is 0 Å². The van der Waals surface area contributed by atoms with Crippen LogP contribution >= 0.6 is 0 Å². The number of methoxy groups -OCH3 is 1. The van der Waals surface area contributed by atoms with Gasteiger partial charge in [-0.1, -0.05) is 17.7 Å². The Hall–Kier alpha value is -1.98. The van der Waals surface area contributed by atoms with E-state index in [2.05, 4.69) is 33.9 Å². The van der Waals surface area contributed by atoms with E-state index in [0.29, 0.717) is 6.61 Å². The zero-order valence-electron chi connectivity index (χ0n) is 14.7.